The molecule has 2 nitrogen and oxygen atoms in total. The van der Waals surface area contributed by atoms with E-state index in [0.717, 1.165) is 6.54 Å². The molecule has 0 aromatic heterocycles. The monoisotopic (exact) mass is 253 g/mol. The van der Waals surface area contributed by atoms with Gasteiger partial charge in [-0.25, -0.2) is 0 Å². The third kappa shape index (κ3) is 9.96. The fourth-order valence-electron chi connectivity index (χ4n) is 2.46. The molecule has 0 spiro atoms. The van der Waals surface area contributed by atoms with Crippen molar-refractivity contribution in [2.75, 3.05) is 13.6 Å². The van der Waals surface area contributed by atoms with Gasteiger partial charge in [-0.2, -0.15) is 0 Å². The first-order valence-corrected chi connectivity index (χ1v) is 7.98. The van der Waals surface area contributed by atoms with E-state index in [2.05, 4.69) is 26.4 Å². The average Bonchev–Trinajstić information content (AvgIpc) is 2.37. The smallest absolute Gasteiger partial charge is 0.109 e. The van der Waals surface area contributed by atoms with Crippen LogP contribution in [-0.2, 0) is 0 Å². The van der Waals surface area contributed by atoms with Gasteiger partial charge in [0.15, 0.2) is 0 Å². The van der Waals surface area contributed by atoms with Gasteiger partial charge in [0.05, 0.1) is 0 Å². The Morgan fingerprint density at radius 3 is 2.44 bits per heavy atom. The van der Waals surface area contributed by atoms with Gasteiger partial charge in [0, 0.05) is 6.04 Å². The summed E-state index contributed by atoms with van der Waals surface area (Å²) in [5, 5.41) is 3.20. The number of nitrogens with two attached hydrogens (primary N) is 1. The van der Waals surface area contributed by atoms with Gasteiger partial charge in [-0.05, 0) is 38.8 Å². The van der Waals surface area contributed by atoms with Crippen LogP contribution in [0, 0.1) is 5.92 Å². The molecule has 3 heteroatoms. The van der Waals surface area contributed by atoms with Gasteiger partial charge < -0.3 is 11.1 Å². The van der Waals surface area contributed by atoms with E-state index in [0.29, 0.717) is 12.0 Å². The molecule has 0 rings (SSSR count). The molecule has 107 valence electrons. The molecule has 0 saturated carbocycles. The van der Waals surface area contributed by atoms with Crippen LogP contribution in [0.5, 0.6) is 0 Å². The van der Waals surface area contributed by atoms with E-state index in [4.69, 9.17) is 5.73 Å². The van der Waals surface area contributed by atoms with Crippen LogP contribution < -0.4 is 11.1 Å². The molecule has 0 aliphatic heterocycles. The van der Waals surface area contributed by atoms with Crippen LogP contribution in [0.15, 0.2) is 0 Å². The molecule has 0 aliphatic carbocycles. The van der Waals surface area contributed by atoms with Crippen molar-refractivity contribution in [1.29, 1.82) is 0 Å². The number of hydrogen-bond acceptors (Lipinski definition) is 2. The average molecular weight is 253 g/mol. The molecule has 0 heterocycles. The van der Waals surface area contributed by atoms with Crippen molar-refractivity contribution in [2.24, 2.45) is 11.7 Å². The lowest BCUT2D eigenvalue weighted by atomic mass is 9.63. The quantitative estimate of drug-likeness (QED) is 0.389. The van der Waals surface area contributed by atoms with Crippen LogP contribution >= 0.6 is 0 Å². The number of nitrogens with one attached hydrogen (secondary N) is 1. The topological polar surface area (TPSA) is 38.0 Å². The van der Waals surface area contributed by atoms with Gasteiger partial charge in [-0.15, -0.1) is 0 Å². The summed E-state index contributed by atoms with van der Waals surface area (Å²) in [5.74, 6) is 0.717. The molecular weight excluding hydrogens is 219 g/mol. The third-order valence-corrected chi connectivity index (χ3v) is 3.71. The Morgan fingerprint density at radius 2 is 1.83 bits per heavy atom. The Labute approximate surface area is 116 Å². The van der Waals surface area contributed by atoms with Crippen LogP contribution in [0.2, 0.25) is 12.6 Å². The number of rotatable bonds is 13. The summed E-state index contributed by atoms with van der Waals surface area (Å²) >= 11 is 0. The molecule has 0 amide bonds. The molecule has 0 aromatic rings. The van der Waals surface area contributed by atoms with Gasteiger partial charge in [0.25, 0.3) is 0 Å². The predicted octanol–water partition coefficient (Wildman–Crippen LogP) is 3.46. The minimum atomic E-state index is 0.412. The van der Waals surface area contributed by atoms with Gasteiger partial charge in [0.2, 0.25) is 0 Å². The maximum atomic E-state index is 6.30. The highest BCUT2D eigenvalue weighted by atomic mass is 14.8. The molecule has 18 heavy (non-hydrogen) atoms. The molecule has 0 bridgehead atoms. The Kier molecular flexibility index (Phi) is 13.4. The summed E-state index contributed by atoms with van der Waals surface area (Å²) in [5.41, 5.74) is 6.30. The maximum absolute atomic E-state index is 6.30. The highest BCUT2D eigenvalue weighted by molar-refractivity contribution is 6.35. The second kappa shape index (κ2) is 13.4. The normalized spacial score (nSPS) is 14.4. The summed E-state index contributed by atoms with van der Waals surface area (Å²) in [6.45, 7) is 5.64. The molecule has 0 fully saturated rings. The lowest BCUT2D eigenvalue weighted by molar-refractivity contribution is 0.391. The SMILES string of the molecule is CCCCC(C[B]CCCCNC)C(N)CCC. The second-order valence-corrected chi connectivity index (χ2v) is 5.48. The van der Waals surface area contributed by atoms with E-state index in [-0.39, 0.29) is 0 Å². The minimum absolute atomic E-state index is 0.412. The molecule has 3 N–H and O–H groups in total. The Hall–Kier alpha value is -0.0151. The summed E-state index contributed by atoms with van der Waals surface area (Å²) in [4.78, 5) is 0. The van der Waals surface area contributed by atoms with Crippen LogP contribution in [0.3, 0.4) is 0 Å². The molecule has 0 aliphatic rings. The van der Waals surface area contributed by atoms with Crippen molar-refractivity contribution in [3.63, 3.8) is 0 Å². The second-order valence-electron chi connectivity index (χ2n) is 5.48. The zero-order valence-electron chi connectivity index (χ0n) is 12.9. The summed E-state index contributed by atoms with van der Waals surface area (Å²) in [6.07, 6.45) is 11.4. The largest absolute Gasteiger partial charge is 0.327 e. The number of hydrogen-bond donors (Lipinski definition) is 2. The van der Waals surface area contributed by atoms with E-state index in [1.54, 1.807) is 0 Å². The third-order valence-electron chi connectivity index (χ3n) is 3.71. The fraction of sp³-hybridized carbons (Fsp3) is 1.00. The van der Waals surface area contributed by atoms with Crippen LogP contribution in [-0.4, -0.2) is 26.9 Å². The molecule has 0 saturated heterocycles. The zero-order chi connectivity index (χ0) is 13.6. The standard InChI is InChI=1S/C15H34BN2/c1-4-6-10-14(15(17)9-5-2)13-16-11-7-8-12-18-3/h14-15,18H,4-13,17H2,1-3H3. The van der Waals surface area contributed by atoms with Gasteiger partial charge in [-0.3, -0.25) is 0 Å². The molecule has 2 unspecified atom stereocenters. The van der Waals surface area contributed by atoms with Crippen molar-refractivity contribution >= 4 is 7.28 Å². The summed E-state index contributed by atoms with van der Waals surface area (Å²) in [6, 6.07) is 0.412. The van der Waals surface area contributed by atoms with Crippen LogP contribution in [0.25, 0.3) is 0 Å². The van der Waals surface area contributed by atoms with Crippen molar-refractivity contribution in [1.82, 2.24) is 5.32 Å². The fourth-order valence-corrected chi connectivity index (χ4v) is 2.46. The van der Waals surface area contributed by atoms with Gasteiger partial charge >= 0.3 is 0 Å². The van der Waals surface area contributed by atoms with E-state index < -0.39 is 0 Å². The van der Waals surface area contributed by atoms with E-state index >= 15 is 0 Å². The molecule has 1 radical (unpaired) electrons. The number of unbranched alkanes of at least 4 members (excludes halogenated alkanes) is 2. The molecule has 2 atom stereocenters. The Bertz CT molecular complexity index is 165. The van der Waals surface area contributed by atoms with Crippen LogP contribution in [0.1, 0.15) is 58.8 Å². The first kappa shape index (κ1) is 18.0. The molecular formula is C15H34BN2. The lowest BCUT2D eigenvalue weighted by Crippen LogP contribution is -2.30. The summed E-state index contributed by atoms with van der Waals surface area (Å²) < 4.78 is 0. The van der Waals surface area contributed by atoms with E-state index in [1.807, 2.05) is 7.05 Å². The van der Waals surface area contributed by atoms with Gasteiger partial charge in [0.1, 0.15) is 7.28 Å². The highest BCUT2D eigenvalue weighted by Gasteiger charge is 2.16. The van der Waals surface area contributed by atoms with Crippen molar-refractivity contribution in [2.45, 2.75) is 77.5 Å². The van der Waals surface area contributed by atoms with Crippen LogP contribution in [0.4, 0.5) is 0 Å². The molecule has 0 aromatic carbocycles. The zero-order valence-corrected chi connectivity index (χ0v) is 12.9. The lowest BCUT2D eigenvalue weighted by Gasteiger charge is -2.23. The van der Waals surface area contributed by atoms with E-state index in [1.165, 1.54) is 57.6 Å². The van der Waals surface area contributed by atoms with Crippen molar-refractivity contribution in [3.8, 4) is 0 Å². The van der Waals surface area contributed by atoms with E-state index in [9.17, 15) is 0 Å². The summed E-state index contributed by atoms with van der Waals surface area (Å²) in [7, 11) is 4.50. The van der Waals surface area contributed by atoms with Crippen molar-refractivity contribution in [3.05, 3.63) is 0 Å². The Balaban J connectivity index is 3.71. The first-order chi connectivity index (χ1) is 8.76. The predicted molar refractivity (Wildman–Crippen MR) is 84.4 cm³/mol. The minimum Gasteiger partial charge on any atom is -0.327 e. The maximum Gasteiger partial charge on any atom is 0.109 e. The van der Waals surface area contributed by atoms with Crippen molar-refractivity contribution < 1.29 is 0 Å². The first-order valence-electron chi connectivity index (χ1n) is 7.98. The van der Waals surface area contributed by atoms with Gasteiger partial charge in [-0.1, -0.05) is 52.2 Å². The highest BCUT2D eigenvalue weighted by Crippen LogP contribution is 2.20. The Morgan fingerprint density at radius 1 is 1.06 bits per heavy atom.